The van der Waals surface area contributed by atoms with Gasteiger partial charge in [-0.3, -0.25) is 4.79 Å². The number of carbonyl (C=O) groups excluding carboxylic acids is 1. The molecule has 2 heteroatoms. The van der Waals surface area contributed by atoms with Gasteiger partial charge in [0.05, 0.1) is 0 Å². The molecule has 1 atom stereocenters. The number of nitrogens with zero attached hydrogens (tertiary/aromatic N) is 1. The number of likely N-dealkylation sites (tertiary alicyclic amines) is 1. The van der Waals surface area contributed by atoms with Crippen LogP contribution in [0.15, 0.2) is 0 Å². The van der Waals surface area contributed by atoms with Gasteiger partial charge >= 0.3 is 0 Å². The highest BCUT2D eigenvalue weighted by atomic mass is 16.2. The van der Waals surface area contributed by atoms with Gasteiger partial charge in [0.1, 0.15) is 0 Å². The first-order chi connectivity index (χ1) is 5.24. The van der Waals surface area contributed by atoms with Crippen LogP contribution >= 0.6 is 0 Å². The van der Waals surface area contributed by atoms with Crippen molar-refractivity contribution in [2.45, 2.75) is 20.3 Å². The summed E-state index contributed by atoms with van der Waals surface area (Å²) >= 11 is 0. The lowest BCUT2D eigenvalue weighted by Crippen LogP contribution is -2.26. The van der Waals surface area contributed by atoms with Crippen LogP contribution in [0.1, 0.15) is 20.3 Å². The average molecular weight is 151 g/mol. The molecule has 1 aliphatic heterocycles. The van der Waals surface area contributed by atoms with Crippen LogP contribution in [0.2, 0.25) is 0 Å². The number of rotatable bonds is 0. The van der Waals surface area contributed by atoms with Gasteiger partial charge in [0.25, 0.3) is 5.91 Å². The Balaban J connectivity index is 2.47. The van der Waals surface area contributed by atoms with Crippen molar-refractivity contribution < 1.29 is 4.79 Å². The maximum absolute atomic E-state index is 11.1. The van der Waals surface area contributed by atoms with E-state index in [2.05, 4.69) is 18.8 Å². The summed E-state index contributed by atoms with van der Waals surface area (Å²) in [5.41, 5.74) is 0. The third kappa shape index (κ3) is 1.98. The average Bonchev–Trinajstić information content (AvgIpc) is 2.36. The number of amides is 1. The van der Waals surface area contributed by atoms with Crippen molar-refractivity contribution in [2.24, 2.45) is 5.92 Å². The van der Waals surface area contributed by atoms with Crippen molar-refractivity contribution in [3.8, 4) is 11.8 Å². The van der Waals surface area contributed by atoms with E-state index in [9.17, 15) is 4.79 Å². The number of hydrogen-bond acceptors (Lipinski definition) is 1. The first-order valence-corrected chi connectivity index (χ1v) is 3.95. The molecule has 0 aromatic heterocycles. The SMILES string of the molecule is CC#CC(=O)N1CC[C@H](C)C1. The molecule has 1 aliphatic rings. The zero-order chi connectivity index (χ0) is 8.27. The molecule has 0 aliphatic carbocycles. The molecule has 0 radical (unpaired) electrons. The summed E-state index contributed by atoms with van der Waals surface area (Å²) in [6, 6.07) is 0. The van der Waals surface area contributed by atoms with Gasteiger partial charge in [-0.25, -0.2) is 0 Å². The molecule has 0 saturated carbocycles. The first kappa shape index (κ1) is 8.13. The summed E-state index contributed by atoms with van der Waals surface area (Å²) in [6.45, 7) is 5.62. The van der Waals surface area contributed by atoms with Crippen molar-refractivity contribution in [2.75, 3.05) is 13.1 Å². The Labute approximate surface area is 67.6 Å². The number of hydrogen-bond donors (Lipinski definition) is 0. The van der Waals surface area contributed by atoms with E-state index in [1.54, 1.807) is 6.92 Å². The molecule has 1 rings (SSSR count). The summed E-state index contributed by atoms with van der Waals surface area (Å²) in [4.78, 5) is 13.0. The van der Waals surface area contributed by atoms with Gasteiger partial charge in [0.15, 0.2) is 0 Å². The van der Waals surface area contributed by atoms with Gasteiger partial charge in [-0.15, -0.1) is 0 Å². The molecular formula is C9H13NO. The van der Waals surface area contributed by atoms with Crippen molar-refractivity contribution in [3.05, 3.63) is 0 Å². The summed E-state index contributed by atoms with van der Waals surface area (Å²) in [5.74, 6) is 5.80. The van der Waals surface area contributed by atoms with E-state index >= 15 is 0 Å². The minimum Gasteiger partial charge on any atom is -0.332 e. The molecule has 60 valence electrons. The van der Waals surface area contributed by atoms with Gasteiger partial charge < -0.3 is 4.90 Å². The molecule has 0 aromatic carbocycles. The first-order valence-electron chi connectivity index (χ1n) is 3.95. The van der Waals surface area contributed by atoms with Crippen molar-refractivity contribution >= 4 is 5.91 Å². The quantitative estimate of drug-likeness (QED) is 0.471. The summed E-state index contributed by atoms with van der Waals surface area (Å²) in [7, 11) is 0. The second-order valence-corrected chi connectivity index (χ2v) is 3.02. The van der Waals surface area contributed by atoms with Crippen LogP contribution < -0.4 is 0 Å². The minimum atomic E-state index is -0.0168. The molecule has 2 nitrogen and oxygen atoms in total. The lowest BCUT2D eigenvalue weighted by Gasteiger charge is -2.10. The minimum absolute atomic E-state index is 0.0168. The van der Waals surface area contributed by atoms with Crippen molar-refractivity contribution in [3.63, 3.8) is 0 Å². The van der Waals surface area contributed by atoms with Crippen LogP contribution in [0.25, 0.3) is 0 Å². The van der Waals surface area contributed by atoms with Gasteiger partial charge in [0.2, 0.25) is 0 Å². The van der Waals surface area contributed by atoms with Gasteiger partial charge in [-0.05, 0) is 25.2 Å². The predicted molar refractivity (Wildman–Crippen MR) is 43.8 cm³/mol. The summed E-state index contributed by atoms with van der Waals surface area (Å²) < 4.78 is 0. The smallest absolute Gasteiger partial charge is 0.298 e. The zero-order valence-electron chi connectivity index (χ0n) is 7.05. The van der Waals surface area contributed by atoms with E-state index in [0.717, 1.165) is 19.5 Å². The topological polar surface area (TPSA) is 20.3 Å². The van der Waals surface area contributed by atoms with E-state index in [0.29, 0.717) is 5.92 Å². The highest BCUT2D eigenvalue weighted by Gasteiger charge is 2.21. The van der Waals surface area contributed by atoms with Crippen LogP contribution in [-0.2, 0) is 4.79 Å². The predicted octanol–water partition coefficient (Wildman–Crippen LogP) is 0.878. The largest absolute Gasteiger partial charge is 0.332 e. The molecule has 0 aromatic rings. The van der Waals surface area contributed by atoms with Gasteiger partial charge in [0, 0.05) is 13.1 Å². The van der Waals surface area contributed by atoms with Crippen LogP contribution in [0.3, 0.4) is 0 Å². The zero-order valence-corrected chi connectivity index (χ0v) is 7.05. The highest BCUT2D eigenvalue weighted by molar-refractivity contribution is 5.93. The Kier molecular flexibility index (Phi) is 2.53. The van der Waals surface area contributed by atoms with Crippen LogP contribution in [0.5, 0.6) is 0 Å². The Morgan fingerprint density at radius 3 is 2.82 bits per heavy atom. The Bertz CT molecular complexity index is 211. The third-order valence-electron chi connectivity index (χ3n) is 1.94. The lowest BCUT2D eigenvalue weighted by atomic mass is 10.2. The fourth-order valence-corrected chi connectivity index (χ4v) is 1.31. The molecule has 0 bridgehead atoms. The Morgan fingerprint density at radius 2 is 2.36 bits per heavy atom. The van der Waals surface area contributed by atoms with E-state index < -0.39 is 0 Å². The maximum Gasteiger partial charge on any atom is 0.298 e. The van der Waals surface area contributed by atoms with E-state index in [4.69, 9.17) is 0 Å². The second-order valence-electron chi connectivity index (χ2n) is 3.02. The van der Waals surface area contributed by atoms with E-state index in [1.165, 1.54) is 0 Å². The summed E-state index contributed by atoms with van der Waals surface area (Å²) in [5, 5.41) is 0. The molecule has 0 unspecified atom stereocenters. The second kappa shape index (κ2) is 3.43. The molecule has 1 saturated heterocycles. The van der Waals surface area contributed by atoms with E-state index in [-0.39, 0.29) is 5.91 Å². The van der Waals surface area contributed by atoms with Gasteiger partial charge in [-0.1, -0.05) is 12.8 Å². The third-order valence-corrected chi connectivity index (χ3v) is 1.94. The summed E-state index contributed by atoms with van der Waals surface area (Å²) in [6.07, 6.45) is 1.12. The fraction of sp³-hybridized carbons (Fsp3) is 0.667. The van der Waals surface area contributed by atoms with Crippen LogP contribution in [0.4, 0.5) is 0 Å². The Hall–Kier alpha value is -0.970. The molecule has 11 heavy (non-hydrogen) atoms. The molecule has 1 amide bonds. The van der Waals surface area contributed by atoms with Crippen LogP contribution in [-0.4, -0.2) is 23.9 Å². The van der Waals surface area contributed by atoms with Crippen molar-refractivity contribution in [1.29, 1.82) is 0 Å². The number of carbonyl (C=O) groups is 1. The monoisotopic (exact) mass is 151 g/mol. The molecule has 1 fully saturated rings. The molecule has 1 heterocycles. The normalized spacial score (nSPS) is 22.7. The van der Waals surface area contributed by atoms with Crippen LogP contribution in [0, 0.1) is 17.8 Å². The molecular weight excluding hydrogens is 138 g/mol. The molecule has 0 spiro atoms. The highest BCUT2D eigenvalue weighted by Crippen LogP contribution is 2.14. The lowest BCUT2D eigenvalue weighted by molar-refractivity contribution is -0.124. The van der Waals surface area contributed by atoms with E-state index in [1.807, 2.05) is 4.90 Å². The maximum atomic E-state index is 11.1. The Morgan fingerprint density at radius 1 is 1.64 bits per heavy atom. The van der Waals surface area contributed by atoms with Crippen molar-refractivity contribution in [1.82, 2.24) is 4.90 Å². The fourth-order valence-electron chi connectivity index (χ4n) is 1.31. The van der Waals surface area contributed by atoms with Gasteiger partial charge in [-0.2, -0.15) is 0 Å². The standard InChI is InChI=1S/C9H13NO/c1-3-4-9(11)10-6-5-8(2)7-10/h8H,5-7H2,1-2H3/t8-/m0/s1. The molecule has 0 N–H and O–H groups in total.